The predicted molar refractivity (Wildman–Crippen MR) is 112 cm³/mol. The minimum absolute atomic E-state index is 0.000273. The number of ether oxygens (including phenoxy) is 2. The standard InChI is InChI=1S/C21H18ClF2N3O4/c1-27(21(29)25-10-3-4-18(30-2)13(22)5-10)17-9-31-8-16-19(17)11-6-14(23)15(24)7-12(11)20(28)26-16/h3-7,17H,8-9H2,1-2H3,(H,25,29)(H,26,28)/t17-/m1/s1. The molecule has 1 aliphatic rings. The van der Waals surface area contributed by atoms with Gasteiger partial charge in [0.1, 0.15) is 5.75 Å². The summed E-state index contributed by atoms with van der Waals surface area (Å²) in [6.07, 6.45) is 0. The molecule has 0 saturated heterocycles. The monoisotopic (exact) mass is 449 g/mol. The summed E-state index contributed by atoms with van der Waals surface area (Å²) in [4.78, 5) is 29.2. The van der Waals surface area contributed by atoms with Crippen LogP contribution in [0.4, 0.5) is 19.3 Å². The third-order valence-electron chi connectivity index (χ3n) is 5.23. The number of amides is 2. The quantitative estimate of drug-likeness (QED) is 0.627. The third-order valence-corrected chi connectivity index (χ3v) is 5.53. The number of hydrogen-bond donors (Lipinski definition) is 2. The van der Waals surface area contributed by atoms with E-state index < -0.39 is 29.3 Å². The number of carbonyl (C=O) groups is 1. The van der Waals surface area contributed by atoms with Gasteiger partial charge < -0.3 is 24.7 Å². The molecular weight excluding hydrogens is 432 g/mol. The number of halogens is 3. The average molecular weight is 450 g/mol. The van der Waals surface area contributed by atoms with Crippen LogP contribution < -0.4 is 15.6 Å². The van der Waals surface area contributed by atoms with Gasteiger partial charge in [0.15, 0.2) is 11.6 Å². The molecule has 2 aromatic carbocycles. The summed E-state index contributed by atoms with van der Waals surface area (Å²) in [5.41, 5.74) is 0.799. The number of pyridine rings is 1. The van der Waals surface area contributed by atoms with Crippen LogP contribution in [-0.2, 0) is 11.3 Å². The van der Waals surface area contributed by atoms with E-state index in [1.807, 2.05) is 0 Å². The lowest BCUT2D eigenvalue weighted by Crippen LogP contribution is -2.39. The van der Waals surface area contributed by atoms with Crippen LogP contribution in [0.25, 0.3) is 10.8 Å². The second-order valence-electron chi connectivity index (χ2n) is 7.08. The Hall–Kier alpha value is -3.17. The molecule has 4 rings (SSSR count). The lowest BCUT2D eigenvalue weighted by atomic mass is 9.95. The molecule has 1 aromatic heterocycles. The maximum atomic E-state index is 14.0. The fourth-order valence-corrected chi connectivity index (χ4v) is 3.90. The predicted octanol–water partition coefficient (Wildman–Crippen LogP) is 4.20. The first-order chi connectivity index (χ1) is 14.8. The number of benzene rings is 2. The molecule has 2 heterocycles. The van der Waals surface area contributed by atoms with Crippen LogP contribution in [0.2, 0.25) is 5.02 Å². The molecule has 0 fully saturated rings. The zero-order valence-corrected chi connectivity index (χ0v) is 17.3. The van der Waals surface area contributed by atoms with Crippen molar-refractivity contribution in [3.8, 4) is 5.75 Å². The number of anilines is 1. The maximum Gasteiger partial charge on any atom is 0.322 e. The van der Waals surface area contributed by atoms with Crippen LogP contribution in [0.5, 0.6) is 5.75 Å². The van der Waals surface area contributed by atoms with Gasteiger partial charge >= 0.3 is 6.03 Å². The van der Waals surface area contributed by atoms with Gasteiger partial charge in [-0.2, -0.15) is 0 Å². The van der Waals surface area contributed by atoms with Gasteiger partial charge in [-0.15, -0.1) is 0 Å². The van der Waals surface area contributed by atoms with Crippen molar-refractivity contribution in [3.05, 3.63) is 68.6 Å². The van der Waals surface area contributed by atoms with Crippen molar-refractivity contribution in [1.82, 2.24) is 9.88 Å². The van der Waals surface area contributed by atoms with E-state index in [9.17, 15) is 18.4 Å². The van der Waals surface area contributed by atoms with E-state index in [4.69, 9.17) is 21.1 Å². The largest absolute Gasteiger partial charge is 0.495 e. The smallest absolute Gasteiger partial charge is 0.322 e. The second-order valence-corrected chi connectivity index (χ2v) is 7.49. The van der Waals surface area contributed by atoms with Gasteiger partial charge in [-0.3, -0.25) is 4.79 Å². The van der Waals surface area contributed by atoms with E-state index in [2.05, 4.69) is 10.3 Å². The van der Waals surface area contributed by atoms with E-state index in [0.717, 1.165) is 12.1 Å². The lowest BCUT2D eigenvalue weighted by molar-refractivity contribution is 0.0527. The summed E-state index contributed by atoms with van der Waals surface area (Å²) in [5.74, 6) is -1.73. The summed E-state index contributed by atoms with van der Waals surface area (Å²) in [6.45, 7) is 0.194. The fraction of sp³-hybridized carbons (Fsp3) is 0.238. The Morgan fingerprint density at radius 3 is 2.65 bits per heavy atom. The number of H-pyrrole nitrogens is 1. The number of carbonyl (C=O) groups excluding carboxylic acids is 1. The van der Waals surface area contributed by atoms with Gasteiger partial charge in [0, 0.05) is 24.0 Å². The molecular formula is C21H18ClF2N3O4. The first-order valence-electron chi connectivity index (χ1n) is 9.29. The summed E-state index contributed by atoms with van der Waals surface area (Å²) in [5, 5.41) is 3.29. The molecule has 10 heteroatoms. The first kappa shape index (κ1) is 21.1. The number of hydrogen-bond acceptors (Lipinski definition) is 4. The first-order valence-corrected chi connectivity index (χ1v) is 9.67. The highest BCUT2D eigenvalue weighted by Gasteiger charge is 2.31. The van der Waals surface area contributed by atoms with Crippen molar-refractivity contribution in [2.75, 3.05) is 26.1 Å². The number of nitrogens with one attached hydrogen (secondary N) is 2. The van der Waals surface area contributed by atoms with Gasteiger partial charge in [-0.05, 0) is 35.7 Å². The molecule has 0 radical (unpaired) electrons. The Morgan fingerprint density at radius 1 is 1.26 bits per heavy atom. The molecule has 1 aliphatic heterocycles. The van der Waals surface area contributed by atoms with Crippen LogP contribution in [-0.4, -0.2) is 36.7 Å². The molecule has 7 nitrogen and oxygen atoms in total. The Morgan fingerprint density at radius 2 is 1.97 bits per heavy atom. The van der Waals surface area contributed by atoms with Crippen LogP contribution in [0.3, 0.4) is 0 Å². The Balaban J connectivity index is 1.71. The molecule has 31 heavy (non-hydrogen) atoms. The summed E-state index contributed by atoms with van der Waals surface area (Å²) < 4.78 is 38.4. The zero-order chi connectivity index (χ0) is 22.3. The van der Waals surface area contributed by atoms with Gasteiger partial charge in [-0.25, -0.2) is 13.6 Å². The normalized spacial score (nSPS) is 15.5. The van der Waals surface area contributed by atoms with Crippen LogP contribution >= 0.6 is 11.6 Å². The lowest BCUT2D eigenvalue weighted by Gasteiger charge is -2.33. The fourth-order valence-electron chi connectivity index (χ4n) is 3.64. The molecule has 0 bridgehead atoms. The van der Waals surface area contributed by atoms with Crippen molar-refractivity contribution >= 4 is 34.1 Å². The number of rotatable bonds is 3. The molecule has 0 aliphatic carbocycles. The minimum atomic E-state index is -1.12. The number of aromatic nitrogens is 1. The van der Waals surface area contributed by atoms with Crippen molar-refractivity contribution in [1.29, 1.82) is 0 Å². The molecule has 3 aromatic rings. The molecule has 0 saturated carbocycles. The number of likely N-dealkylation sites (N-methyl/N-ethyl adjacent to an activating group) is 1. The molecule has 162 valence electrons. The van der Waals surface area contributed by atoms with Crippen LogP contribution in [0, 0.1) is 11.6 Å². The van der Waals surface area contributed by atoms with Crippen molar-refractivity contribution in [2.45, 2.75) is 12.6 Å². The Kier molecular flexibility index (Phi) is 5.55. The number of aromatic amines is 1. The van der Waals surface area contributed by atoms with Crippen molar-refractivity contribution in [3.63, 3.8) is 0 Å². The number of nitrogens with zero attached hydrogens (tertiary/aromatic N) is 1. The highest BCUT2D eigenvalue weighted by atomic mass is 35.5. The SMILES string of the molecule is COc1ccc(NC(=O)N(C)[C@@H]2COCc3[nH]c(=O)c4cc(F)c(F)cc4c32)cc1Cl. The van der Waals surface area contributed by atoms with E-state index >= 15 is 0 Å². The third kappa shape index (κ3) is 3.82. The van der Waals surface area contributed by atoms with E-state index in [-0.39, 0.29) is 24.0 Å². The Bertz CT molecular complexity index is 1250. The van der Waals surface area contributed by atoms with E-state index in [1.54, 1.807) is 25.2 Å². The van der Waals surface area contributed by atoms with Crippen LogP contribution in [0.15, 0.2) is 35.1 Å². The highest BCUT2D eigenvalue weighted by Crippen LogP contribution is 2.34. The number of fused-ring (bicyclic) bond motifs is 3. The maximum absolute atomic E-state index is 14.0. The zero-order valence-electron chi connectivity index (χ0n) is 16.6. The Labute approximate surface area is 180 Å². The molecule has 0 unspecified atom stereocenters. The van der Waals surface area contributed by atoms with Crippen molar-refractivity contribution in [2.24, 2.45) is 0 Å². The van der Waals surface area contributed by atoms with E-state index in [0.29, 0.717) is 27.7 Å². The summed E-state index contributed by atoms with van der Waals surface area (Å²) >= 11 is 6.11. The number of methoxy groups -OCH3 is 1. The van der Waals surface area contributed by atoms with E-state index in [1.165, 1.54) is 12.0 Å². The minimum Gasteiger partial charge on any atom is -0.495 e. The summed E-state index contributed by atoms with van der Waals surface area (Å²) in [6, 6.07) is 5.50. The van der Waals surface area contributed by atoms with Crippen molar-refractivity contribution < 1.29 is 23.0 Å². The van der Waals surface area contributed by atoms with Gasteiger partial charge in [0.2, 0.25) is 0 Å². The van der Waals surface area contributed by atoms with Gasteiger partial charge in [-0.1, -0.05) is 11.6 Å². The molecule has 0 spiro atoms. The highest BCUT2D eigenvalue weighted by molar-refractivity contribution is 6.32. The number of urea groups is 1. The summed E-state index contributed by atoms with van der Waals surface area (Å²) in [7, 11) is 3.03. The van der Waals surface area contributed by atoms with Gasteiger partial charge in [0.25, 0.3) is 5.56 Å². The van der Waals surface area contributed by atoms with Gasteiger partial charge in [0.05, 0.1) is 36.8 Å². The topological polar surface area (TPSA) is 83.7 Å². The average Bonchev–Trinajstić information content (AvgIpc) is 2.74. The molecule has 2 amide bonds. The van der Waals surface area contributed by atoms with Crippen LogP contribution in [0.1, 0.15) is 17.3 Å². The molecule has 2 N–H and O–H groups in total. The molecule has 1 atom stereocenters. The second kappa shape index (κ2) is 8.16.